The summed E-state index contributed by atoms with van der Waals surface area (Å²) in [5.74, 6) is 2.59. The first-order valence-electron chi connectivity index (χ1n) is 10.3. The average molecular weight is 375 g/mol. The van der Waals surface area contributed by atoms with Crippen molar-refractivity contribution in [3.05, 3.63) is 77.9 Å². The van der Waals surface area contributed by atoms with E-state index in [1.54, 1.807) is 0 Å². The van der Waals surface area contributed by atoms with Crippen molar-refractivity contribution in [2.24, 2.45) is 0 Å². The minimum atomic E-state index is 0.740. The summed E-state index contributed by atoms with van der Waals surface area (Å²) in [6.07, 6.45) is 4.27. The van der Waals surface area contributed by atoms with E-state index in [0.717, 1.165) is 49.5 Å². The number of ether oxygens (including phenoxy) is 2. The van der Waals surface area contributed by atoms with Crippen LogP contribution >= 0.6 is 0 Å². The minimum Gasteiger partial charge on any atom is -0.493 e. The number of unbranched alkanes of at least 4 members (excludes halogenated alkanes) is 1. The van der Waals surface area contributed by atoms with E-state index in [2.05, 4.69) is 63.2 Å². The van der Waals surface area contributed by atoms with Crippen LogP contribution in [0.2, 0.25) is 0 Å². The molecular formula is C26H30O2. The van der Waals surface area contributed by atoms with Crippen molar-refractivity contribution in [1.29, 1.82) is 0 Å². The van der Waals surface area contributed by atoms with Crippen LogP contribution in [0.25, 0.3) is 11.1 Å². The number of aryl methyl sites for hydroxylation is 2. The molecule has 0 unspecified atom stereocenters. The van der Waals surface area contributed by atoms with Crippen LogP contribution in [0, 0.1) is 6.92 Å². The Labute approximate surface area is 169 Å². The highest BCUT2D eigenvalue weighted by Gasteiger charge is 2.09. The summed E-state index contributed by atoms with van der Waals surface area (Å²) in [5.41, 5.74) is 4.87. The lowest BCUT2D eigenvalue weighted by Crippen LogP contribution is -1.97. The standard InChI is InChI=1S/C26H30O2/c1-4-6-17-27-24-9-7-10-25(19-24)28-26-18-23(16-15-22(26)8-5-2)21-13-11-20(3)12-14-21/h7,9-16,18-19H,4-6,8,17H2,1-3H3. The molecule has 0 fully saturated rings. The lowest BCUT2D eigenvalue weighted by molar-refractivity contribution is 0.308. The second-order valence-corrected chi connectivity index (χ2v) is 7.22. The molecule has 0 saturated carbocycles. The number of benzene rings is 3. The van der Waals surface area contributed by atoms with E-state index in [9.17, 15) is 0 Å². The summed E-state index contributed by atoms with van der Waals surface area (Å²) in [5, 5.41) is 0. The summed E-state index contributed by atoms with van der Waals surface area (Å²) >= 11 is 0. The maximum Gasteiger partial charge on any atom is 0.131 e. The zero-order chi connectivity index (χ0) is 19.8. The Balaban J connectivity index is 1.86. The molecule has 0 aliphatic heterocycles. The molecule has 3 aromatic carbocycles. The Morgan fingerprint density at radius 2 is 1.50 bits per heavy atom. The summed E-state index contributed by atoms with van der Waals surface area (Å²) in [4.78, 5) is 0. The van der Waals surface area contributed by atoms with Gasteiger partial charge >= 0.3 is 0 Å². The van der Waals surface area contributed by atoms with Gasteiger partial charge in [0, 0.05) is 6.07 Å². The molecule has 2 nitrogen and oxygen atoms in total. The fourth-order valence-corrected chi connectivity index (χ4v) is 3.14. The van der Waals surface area contributed by atoms with Gasteiger partial charge in [0.2, 0.25) is 0 Å². The van der Waals surface area contributed by atoms with E-state index in [4.69, 9.17) is 9.47 Å². The topological polar surface area (TPSA) is 18.5 Å². The first-order chi connectivity index (χ1) is 13.7. The van der Waals surface area contributed by atoms with Crippen molar-refractivity contribution in [2.45, 2.75) is 46.5 Å². The molecule has 28 heavy (non-hydrogen) atoms. The van der Waals surface area contributed by atoms with Gasteiger partial charge in [0.25, 0.3) is 0 Å². The highest BCUT2D eigenvalue weighted by Crippen LogP contribution is 2.33. The molecule has 0 aliphatic rings. The van der Waals surface area contributed by atoms with Crippen molar-refractivity contribution in [3.63, 3.8) is 0 Å². The molecule has 0 saturated heterocycles. The molecule has 3 rings (SSSR count). The monoisotopic (exact) mass is 374 g/mol. The highest BCUT2D eigenvalue weighted by molar-refractivity contribution is 5.66. The van der Waals surface area contributed by atoms with Gasteiger partial charge in [0.15, 0.2) is 0 Å². The number of hydrogen-bond donors (Lipinski definition) is 0. The molecule has 0 spiro atoms. The van der Waals surface area contributed by atoms with Gasteiger partial charge in [-0.2, -0.15) is 0 Å². The van der Waals surface area contributed by atoms with Crippen molar-refractivity contribution in [3.8, 4) is 28.4 Å². The predicted molar refractivity (Wildman–Crippen MR) is 118 cm³/mol. The van der Waals surface area contributed by atoms with E-state index in [1.165, 1.54) is 22.3 Å². The van der Waals surface area contributed by atoms with E-state index in [1.807, 2.05) is 24.3 Å². The maximum atomic E-state index is 6.31. The fourth-order valence-electron chi connectivity index (χ4n) is 3.14. The molecule has 0 atom stereocenters. The maximum absolute atomic E-state index is 6.31. The van der Waals surface area contributed by atoms with Crippen molar-refractivity contribution < 1.29 is 9.47 Å². The van der Waals surface area contributed by atoms with Crippen molar-refractivity contribution in [1.82, 2.24) is 0 Å². The Morgan fingerprint density at radius 1 is 0.750 bits per heavy atom. The molecule has 0 N–H and O–H groups in total. The molecule has 0 heterocycles. The van der Waals surface area contributed by atoms with E-state index in [0.29, 0.717) is 0 Å². The third kappa shape index (κ3) is 5.39. The zero-order valence-electron chi connectivity index (χ0n) is 17.2. The van der Waals surface area contributed by atoms with Gasteiger partial charge in [-0.25, -0.2) is 0 Å². The lowest BCUT2D eigenvalue weighted by Gasteiger charge is -2.14. The lowest BCUT2D eigenvalue weighted by atomic mass is 10.0. The van der Waals surface area contributed by atoms with Gasteiger partial charge in [0.1, 0.15) is 17.2 Å². The second kappa shape index (κ2) is 9.98. The third-order valence-electron chi connectivity index (χ3n) is 4.77. The highest BCUT2D eigenvalue weighted by atomic mass is 16.5. The van der Waals surface area contributed by atoms with Crippen LogP contribution in [0.3, 0.4) is 0 Å². The van der Waals surface area contributed by atoms with Crippen LogP contribution in [0.15, 0.2) is 66.7 Å². The molecular weight excluding hydrogens is 344 g/mol. The van der Waals surface area contributed by atoms with Gasteiger partial charge < -0.3 is 9.47 Å². The Hall–Kier alpha value is -2.74. The van der Waals surface area contributed by atoms with Gasteiger partial charge in [0.05, 0.1) is 6.61 Å². The SMILES string of the molecule is CCCCOc1cccc(Oc2cc(-c3ccc(C)cc3)ccc2CCC)c1. The third-order valence-corrected chi connectivity index (χ3v) is 4.77. The van der Waals surface area contributed by atoms with Gasteiger partial charge in [-0.1, -0.05) is 74.7 Å². The Bertz CT molecular complexity index is 881. The van der Waals surface area contributed by atoms with Crippen LogP contribution in [-0.4, -0.2) is 6.61 Å². The number of rotatable bonds is 9. The molecule has 0 radical (unpaired) electrons. The smallest absolute Gasteiger partial charge is 0.131 e. The van der Waals surface area contributed by atoms with Crippen LogP contribution < -0.4 is 9.47 Å². The summed E-state index contributed by atoms with van der Waals surface area (Å²) in [7, 11) is 0. The molecule has 146 valence electrons. The average Bonchev–Trinajstić information content (AvgIpc) is 2.71. The normalized spacial score (nSPS) is 10.7. The molecule has 0 bridgehead atoms. The minimum absolute atomic E-state index is 0.740. The Morgan fingerprint density at radius 3 is 2.25 bits per heavy atom. The van der Waals surface area contributed by atoms with Gasteiger partial charge in [-0.15, -0.1) is 0 Å². The van der Waals surface area contributed by atoms with Crippen molar-refractivity contribution >= 4 is 0 Å². The number of hydrogen-bond acceptors (Lipinski definition) is 2. The van der Waals surface area contributed by atoms with Gasteiger partial charge in [-0.05, 0) is 54.7 Å². The van der Waals surface area contributed by atoms with E-state index in [-0.39, 0.29) is 0 Å². The summed E-state index contributed by atoms with van der Waals surface area (Å²) in [6.45, 7) is 7.21. The zero-order valence-corrected chi connectivity index (χ0v) is 17.2. The molecule has 2 heteroatoms. The van der Waals surface area contributed by atoms with E-state index < -0.39 is 0 Å². The molecule has 0 amide bonds. The van der Waals surface area contributed by atoms with Crippen LogP contribution in [0.5, 0.6) is 17.2 Å². The molecule has 0 aliphatic carbocycles. The molecule has 3 aromatic rings. The fraction of sp³-hybridized carbons (Fsp3) is 0.308. The summed E-state index contributed by atoms with van der Waals surface area (Å²) in [6, 6.07) is 23.1. The van der Waals surface area contributed by atoms with Crippen LogP contribution in [-0.2, 0) is 6.42 Å². The van der Waals surface area contributed by atoms with Crippen LogP contribution in [0.4, 0.5) is 0 Å². The van der Waals surface area contributed by atoms with Crippen molar-refractivity contribution in [2.75, 3.05) is 6.61 Å². The Kier molecular flexibility index (Phi) is 7.13. The predicted octanol–water partition coefficient (Wildman–Crippen LogP) is 7.59. The summed E-state index contributed by atoms with van der Waals surface area (Å²) < 4.78 is 12.1. The van der Waals surface area contributed by atoms with E-state index >= 15 is 0 Å². The largest absolute Gasteiger partial charge is 0.493 e. The first-order valence-corrected chi connectivity index (χ1v) is 10.3. The quantitative estimate of drug-likeness (QED) is 0.359. The van der Waals surface area contributed by atoms with Gasteiger partial charge in [-0.3, -0.25) is 0 Å². The first kappa shape index (κ1) is 20.0. The van der Waals surface area contributed by atoms with Crippen LogP contribution in [0.1, 0.15) is 44.2 Å². The molecule has 0 aromatic heterocycles. The second-order valence-electron chi connectivity index (χ2n) is 7.22.